The number of hydrogen-bond donors (Lipinski definition) is 2. The van der Waals surface area contributed by atoms with Crippen LogP contribution < -0.4 is 10.6 Å². The molecule has 0 saturated carbocycles. The van der Waals surface area contributed by atoms with Crippen molar-refractivity contribution in [2.24, 2.45) is 5.92 Å². The van der Waals surface area contributed by atoms with Gasteiger partial charge in [0.1, 0.15) is 5.82 Å². The van der Waals surface area contributed by atoms with Crippen molar-refractivity contribution in [3.63, 3.8) is 0 Å². The number of rotatable bonds is 3. The van der Waals surface area contributed by atoms with Gasteiger partial charge in [0, 0.05) is 25.1 Å². The zero-order valence-corrected chi connectivity index (χ0v) is 10.4. The van der Waals surface area contributed by atoms with Crippen LogP contribution in [0.2, 0.25) is 0 Å². The molecule has 0 aromatic heterocycles. The highest BCUT2D eigenvalue weighted by Gasteiger charge is 2.25. The van der Waals surface area contributed by atoms with Gasteiger partial charge in [-0.3, -0.25) is 19.7 Å². The number of carbonyl (C=O) groups excluding carboxylic acids is 2. The Morgan fingerprint density at radius 1 is 1.50 bits per heavy atom. The van der Waals surface area contributed by atoms with E-state index >= 15 is 0 Å². The second-order valence-electron chi connectivity index (χ2n) is 4.45. The summed E-state index contributed by atoms with van der Waals surface area (Å²) >= 11 is 0. The van der Waals surface area contributed by atoms with Gasteiger partial charge in [0.15, 0.2) is 0 Å². The monoisotopic (exact) mass is 281 g/mol. The third-order valence-corrected chi connectivity index (χ3v) is 3.05. The molecule has 1 atom stereocenters. The van der Waals surface area contributed by atoms with Gasteiger partial charge in [0.2, 0.25) is 11.8 Å². The Labute approximate surface area is 113 Å². The smallest absolute Gasteiger partial charge is 0.271 e. The Hall–Kier alpha value is -2.51. The quantitative estimate of drug-likeness (QED) is 0.642. The van der Waals surface area contributed by atoms with E-state index in [1.165, 1.54) is 0 Å². The molecule has 2 rings (SSSR count). The van der Waals surface area contributed by atoms with Crippen LogP contribution in [0.4, 0.5) is 15.8 Å². The molecular formula is C12H12FN3O4. The van der Waals surface area contributed by atoms with Crippen molar-refractivity contribution >= 4 is 23.2 Å². The fourth-order valence-electron chi connectivity index (χ4n) is 1.91. The average Bonchev–Trinajstić information content (AvgIpc) is 2.41. The van der Waals surface area contributed by atoms with Crippen molar-refractivity contribution in [1.29, 1.82) is 0 Å². The van der Waals surface area contributed by atoms with Crippen LogP contribution in [0.25, 0.3) is 0 Å². The number of non-ortho nitro benzene ring substituents is 1. The molecule has 0 spiro atoms. The minimum atomic E-state index is -0.746. The van der Waals surface area contributed by atoms with E-state index in [1.807, 2.05) is 0 Å². The van der Waals surface area contributed by atoms with Crippen LogP contribution in [0.1, 0.15) is 12.8 Å². The Morgan fingerprint density at radius 3 is 2.85 bits per heavy atom. The topological polar surface area (TPSA) is 101 Å². The molecule has 1 aliphatic rings. The Morgan fingerprint density at radius 2 is 2.25 bits per heavy atom. The lowest BCUT2D eigenvalue weighted by Crippen LogP contribution is -2.40. The van der Waals surface area contributed by atoms with Gasteiger partial charge in [0.05, 0.1) is 16.5 Å². The molecule has 1 aromatic rings. The fourth-order valence-corrected chi connectivity index (χ4v) is 1.91. The molecule has 0 aliphatic carbocycles. The molecule has 1 fully saturated rings. The summed E-state index contributed by atoms with van der Waals surface area (Å²) in [6, 6.07) is 2.91. The highest BCUT2D eigenvalue weighted by molar-refractivity contribution is 5.94. The van der Waals surface area contributed by atoms with E-state index in [2.05, 4.69) is 10.6 Å². The summed E-state index contributed by atoms with van der Waals surface area (Å²) < 4.78 is 13.5. The number of halogens is 1. The lowest BCUT2D eigenvalue weighted by atomic mass is 9.98. The number of nitro groups is 1. The number of carbonyl (C=O) groups is 2. The molecule has 1 saturated heterocycles. The first kappa shape index (κ1) is 13.9. The molecule has 20 heavy (non-hydrogen) atoms. The van der Waals surface area contributed by atoms with E-state index in [0.717, 1.165) is 18.2 Å². The van der Waals surface area contributed by atoms with Gasteiger partial charge >= 0.3 is 0 Å². The molecule has 2 amide bonds. The lowest BCUT2D eigenvalue weighted by Gasteiger charge is -2.21. The van der Waals surface area contributed by atoms with E-state index in [0.29, 0.717) is 6.42 Å². The maximum Gasteiger partial charge on any atom is 0.271 e. The Bertz CT molecular complexity index is 566. The number of nitro benzene ring substituents is 1. The molecule has 1 aliphatic heterocycles. The number of benzene rings is 1. The first-order chi connectivity index (χ1) is 9.47. The minimum absolute atomic E-state index is 0.129. The van der Waals surface area contributed by atoms with Crippen molar-refractivity contribution in [3.8, 4) is 0 Å². The van der Waals surface area contributed by atoms with E-state index in [1.54, 1.807) is 0 Å². The SMILES string of the molecule is O=C1CCC(C(=O)Nc2cc([N+](=O)[O-])ccc2F)CN1. The van der Waals surface area contributed by atoms with Crippen LogP contribution in [0.15, 0.2) is 18.2 Å². The van der Waals surface area contributed by atoms with E-state index in [-0.39, 0.29) is 30.2 Å². The molecule has 2 N–H and O–H groups in total. The van der Waals surface area contributed by atoms with Gasteiger partial charge < -0.3 is 10.6 Å². The summed E-state index contributed by atoms with van der Waals surface area (Å²) in [5.41, 5.74) is -0.542. The third-order valence-electron chi connectivity index (χ3n) is 3.05. The largest absolute Gasteiger partial charge is 0.355 e. The second-order valence-corrected chi connectivity index (χ2v) is 4.45. The zero-order valence-electron chi connectivity index (χ0n) is 10.4. The molecule has 0 bridgehead atoms. The van der Waals surface area contributed by atoms with Gasteiger partial charge in [-0.05, 0) is 12.5 Å². The van der Waals surface area contributed by atoms with Gasteiger partial charge in [-0.2, -0.15) is 0 Å². The standard InChI is InChI=1S/C12H12FN3O4/c13-9-3-2-8(16(19)20)5-10(9)15-12(18)7-1-4-11(17)14-6-7/h2-3,5,7H,1,4,6H2,(H,14,17)(H,15,18). The summed E-state index contributed by atoms with van der Waals surface area (Å²) in [4.78, 5) is 32.8. The Kier molecular flexibility index (Phi) is 3.92. The number of hydrogen-bond acceptors (Lipinski definition) is 4. The van der Waals surface area contributed by atoms with Gasteiger partial charge in [-0.1, -0.05) is 0 Å². The molecule has 8 heteroatoms. The first-order valence-corrected chi connectivity index (χ1v) is 5.99. The van der Waals surface area contributed by atoms with Gasteiger partial charge in [-0.25, -0.2) is 4.39 Å². The fraction of sp³-hybridized carbons (Fsp3) is 0.333. The maximum atomic E-state index is 13.5. The van der Waals surface area contributed by atoms with Crippen molar-refractivity contribution < 1.29 is 18.9 Å². The molecule has 1 aromatic carbocycles. The highest BCUT2D eigenvalue weighted by Crippen LogP contribution is 2.22. The van der Waals surface area contributed by atoms with Crippen LogP contribution >= 0.6 is 0 Å². The van der Waals surface area contributed by atoms with Crippen LogP contribution in [0.5, 0.6) is 0 Å². The van der Waals surface area contributed by atoms with E-state index < -0.39 is 22.6 Å². The average molecular weight is 281 g/mol. The summed E-state index contributed by atoms with van der Waals surface area (Å²) in [6.45, 7) is 0.182. The predicted octanol–water partition coefficient (Wildman–Crippen LogP) is 1.20. The van der Waals surface area contributed by atoms with Crippen LogP contribution in [0.3, 0.4) is 0 Å². The molecule has 0 radical (unpaired) electrons. The summed E-state index contributed by atoms with van der Waals surface area (Å²) in [7, 11) is 0. The summed E-state index contributed by atoms with van der Waals surface area (Å²) in [5, 5.41) is 15.5. The van der Waals surface area contributed by atoms with Crippen molar-refractivity contribution in [2.75, 3.05) is 11.9 Å². The molecule has 1 heterocycles. The van der Waals surface area contributed by atoms with Gasteiger partial charge in [-0.15, -0.1) is 0 Å². The van der Waals surface area contributed by atoms with Crippen molar-refractivity contribution in [3.05, 3.63) is 34.1 Å². The van der Waals surface area contributed by atoms with Crippen molar-refractivity contribution in [2.45, 2.75) is 12.8 Å². The van der Waals surface area contributed by atoms with E-state index in [4.69, 9.17) is 0 Å². The number of nitrogens with zero attached hydrogens (tertiary/aromatic N) is 1. The molecule has 1 unspecified atom stereocenters. The summed E-state index contributed by atoms with van der Waals surface area (Å²) in [6.07, 6.45) is 0.601. The highest BCUT2D eigenvalue weighted by atomic mass is 19.1. The van der Waals surface area contributed by atoms with Crippen molar-refractivity contribution in [1.82, 2.24) is 5.32 Å². The lowest BCUT2D eigenvalue weighted by molar-refractivity contribution is -0.384. The Balaban J connectivity index is 2.09. The minimum Gasteiger partial charge on any atom is -0.355 e. The van der Waals surface area contributed by atoms with Crippen LogP contribution in [-0.2, 0) is 9.59 Å². The molecule has 7 nitrogen and oxygen atoms in total. The van der Waals surface area contributed by atoms with Crippen LogP contribution in [0, 0.1) is 21.8 Å². The molecular weight excluding hydrogens is 269 g/mol. The van der Waals surface area contributed by atoms with Crippen LogP contribution in [-0.4, -0.2) is 23.3 Å². The maximum absolute atomic E-state index is 13.5. The number of anilines is 1. The van der Waals surface area contributed by atoms with E-state index in [9.17, 15) is 24.1 Å². The normalized spacial score (nSPS) is 18.2. The number of piperidine rings is 1. The van der Waals surface area contributed by atoms with Gasteiger partial charge in [0.25, 0.3) is 5.69 Å². The second kappa shape index (κ2) is 5.64. The molecule has 106 valence electrons. The zero-order chi connectivity index (χ0) is 14.7. The summed E-state index contributed by atoms with van der Waals surface area (Å²) in [5.74, 6) is -1.81. The number of amides is 2. The third kappa shape index (κ3) is 3.08. The number of nitrogens with one attached hydrogen (secondary N) is 2. The first-order valence-electron chi connectivity index (χ1n) is 5.99. The predicted molar refractivity (Wildman–Crippen MR) is 67.4 cm³/mol.